The maximum absolute atomic E-state index is 10.5. The molecule has 0 bridgehead atoms. The number of nitrogens with zero attached hydrogens (tertiary/aromatic N) is 1. The fourth-order valence-corrected chi connectivity index (χ4v) is 1.63. The summed E-state index contributed by atoms with van der Waals surface area (Å²) in [4.78, 5) is 12.5. The van der Waals surface area contributed by atoms with E-state index >= 15 is 0 Å². The van der Waals surface area contributed by atoms with Crippen molar-refractivity contribution in [2.75, 3.05) is 13.6 Å². The molecule has 0 heterocycles. The summed E-state index contributed by atoms with van der Waals surface area (Å²) in [5.41, 5.74) is 0. The van der Waals surface area contributed by atoms with Crippen LogP contribution in [0.4, 0.5) is 0 Å². The molecule has 1 N–H and O–H groups in total. The van der Waals surface area contributed by atoms with Gasteiger partial charge in [-0.2, -0.15) is 0 Å². The normalized spacial score (nSPS) is 15.5. The third-order valence-corrected chi connectivity index (χ3v) is 2.85. The molecule has 0 aliphatic heterocycles. The largest absolute Gasteiger partial charge is 0.480 e. The Balaban J connectivity index is 4.04. The van der Waals surface area contributed by atoms with E-state index in [0.29, 0.717) is 12.0 Å². The Morgan fingerprint density at radius 1 is 1.36 bits per heavy atom. The molecule has 0 saturated carbocycles. The molecule has 2 atom stereocenters. The zero-order valence-corrected chi connectivity index (χ0v) is 9.79. The molecule has 14 heavy (non-hydrogen) atoms. The molecule has 0 amide bonds. The van der Waals surface area contributed by atoms with Crippen LogP contribution in [0, 0.1) is 5.92 Å². The molecular formula is C11H23NO2. The lowest BCUT2D eigenvalue weighted by atomic mass is 9.97. The number of carboxylic acid groups (broad SMARTS) is 1. The average Bonchev–Trinajstić information content (AvgIpc) is 2.12. The van der Waals surface area contributed by atoms with Crippen LogP contribution in [0.15, 0.2) is 0 Å². The third-order valence-electron chi connectivity index (χ3n) is 2.85. The maximum Gasteiger partial charge on any atom is 0.317 e. The second-order valence-corrected chi connectivity index (χ2v) is 4.12. The van der Waals surface area contributed by atoms with Gasteiger partial charge < -0.3 is 5.11 Å². The van der Waals surface area contributed by atoms with E-state index in [2.05, 4.69) is 20.8 Å². The van der Waals surface area contributed by atoms with Crippen LogP contribution >= 0.6 is 0 Å². The van der Waals surface area contributed by atoms with Gasteiger partial charge in [0.1, 0.15) is 0 Å². The molecule has 0 aromatic rings. The van der Waals surface area contributed by atoms with Gasteiger partial charge in [0.25, 0.3) is 0 Å². The molecule has 0 aliphatic rings. The fourth-order valence-electron chi connectivity index (χ4n) is 1.63. The van der Waals surface area contributed by atoms with Gasteiger partial charge in [0.05, 0.1) is 6.54 Å². The van der Waals surface area contributed by atoms with Crippen LogP contribution in [0.3, 0.4) is 0 Å². The summed E-state index contributed by atoms with van der Waals surface area (Å²) in [6.45, 7) is 6.66. The van der Waals surface area contributed by atoms with Gasteiger partial charge in [0.2, 0.25) is 0 Å². The Morgan fingerprint density at radius 3 is 2.29 bits per heavy atom. The summed E-state index contributed by atoms with van der Waals surface area (Å²) in [6, 6.07) is 0.404. The molecule has 0 aliphatic carbocycles. The van der Waals surface area contributed by atoms with Gasteiger partial charge in [-0.05, 0) is 25.8 Å². The summed E-state index contributed by atoms with van der Waals surface area (Å²) in [5.74, 6) is -0.0636. The van der Waals surface area contributed by atoms with Crippen LogP contribution in [0.2, 0.25) is 0 Å². The highest BCUT2D eigenvalue weighted by molar-refractivity contribution is 5.69. The molecule has 0 radical (unpaired) electrons. The number of carboxylic acids is 1. The summed E-state index contributed by atoms with van der Waals surface area (Å²) >= 11 is 0. The summed E-state index contributed by atoms with van der Waals surface area (Å²) in [6.07, 6.45) is 3.28. The van der Waals surface area contributed by atoms with E-state index in [1.807, 2.05) is 11.9 Å². The van der Waals surface area contributed by atoms with Crippen LogP contribution in [-0.4, -0.2) is 35.6 Å². The molecular weight excluding hydrogens is 178 g/mol. The standard InChI is InChI=1S/C11H23NO2/c1-5-9(3)7-10(6-2)12(4)8-11(13)14/h9-10H,5-8H2,1-4H3,(H,13,14). The Kier molecular flexibility index (Phi) is 6.54. The lowest BCUT2D eigenvalue weighted by Crippen LogP contribution is -2.36. The van der Waals surface area contributed by atoms with E-state index in [0.717, 1.165) is 19.3 Å². The topological polar surface area (TPSA) is 40.5 Å². The van der Waals surface area contributed by atoms with Crippen molar-refractivity contribution in [2.24, 2.45) is 5.92 Å². The van der Waals surface area contributed by atoms with Crippen molar-refractivity contribution in [1.29, 1.82) is 0 Å². The molecule has 3 nitrogen and oxygen atoms in total. The van der Waals surface area contributed by atoms with Crippen LogP contribution in [0.5, 0.6) is 0 Å². The lowest BCUT2D eigenvalue weighted by molar-refractivity contribution is -0.138. The van der Waals surface area contributed by atoms with Crippen molar-refractivity contribution in [3.63, 3.8) is 0 Å². The van der Waals surface area contributed by atoms with E-state index in [9.17, 15) is 4.79 Å². The minimum absolute atomic E-state index is 0.148. The van der Waals surface area contributed by atoms with Crippen molar-refractivity contribution < 1.29 is 9.90 Å². The summed E-state index contributed by atoms with van der Waals surface area (Å²) in [5, 5.41) is 8.68. The predicted octanol–water partition coefficient (Wildman–Crippen LogP) is 2.22. The van der Waals surface area contributed by atoms with Crippen molar-refractivity contribution in [3.8, 4) is 0 Å². The molecule has 3 heteroatoms. The monoisotopic (exact) mass is 201 g/mol. The van der Waals surface area contributed by atoms with E-state index in [-0.39, 0.29) is 6.54 Å². The number of hydrogen-bond acceptors (Lipinski definition) is 2. The Labute approximate surface area is 87.1 Å². The first-order valence-electron chi connectivity index (χ1n) is 5.43. The Hall–Kier alpha value is -0.570. The van der Waals surface area contributed by atoms with E-state index < -0.39 is 5.97 Å². The van der Waals surface area contributed by atoms with Crippen LogP contribution in [0.25, 0.3) is 0 Å². The highest BCUT2D eigenvalue weighted by Gasteiger charge is 2.17. The number of hydrogen-bond donors (Lipinski definition) is 1. The summed E-state index contributed by atoms with van der Waals surface area (Å²) in [7, 11) is 1.89. The zero-order chi connectivity index (χ0) is 11.1. The maximum atomic E-state index is 10.5. The predicted molar refractivity (Wildman–Crippen MR) is 58.4 cm³/mol. The number of carbonyl (C=O) groups is 1. The molecule has 0 spiro atoms. The molecule has 84 valence electrons. The van der Waals surface area contributed by atoms with Gasteiger partial charge in [-0.15, -0.1) is 0 Å². The Morgan fingerprint density at radius 2 is 1.93 bits per heavy atom. The van der Waals surface area contributed by atoms with Gasteiger partial charge in [0.15, 0.2) is 0 Å². The lowest BCUT2D eigenvalue weighted by Gasteiger charge is -2.27. The number of likely N-dealkylation sites (N-methyl/N-ethyl adjacent to an activating group) is 1. The first-order valence-corrected chi connectivity index (χ1v) is 5.43. The molecule has 0 rings (SSSR count). The molecule has 2 unspecified atom stereocenters. The van der Waals surface area contributed by atoms with Gasteiger partial charge >= 0.3 is 5.97 Å². The van der Waals surface area contributed by atoms with Gasteiger partial charge in [-0.1, -0.05) is 27.2 Å². The summed E-state index contributed by atoms with van der Waals surface area (Å²) < 4.78 is 0. The SMILES string of the molecule is CCC(C)CC(CC)N(C)CC(=O)O. The highest BCUT2D eigenvalue weighted by Crippen LogP contribution is 2.15. The van der Waals surface area contributed by atoms with Gasteiger partial charge in [0, 0.05) is 6.04 Å². The third kappa shape index (κ3) is 5.22. The molecule has 0 saturated heterocycles. The molecule has 0 aromatic heterocycles. The van der Waals surface area contributed by atoms with Crippen LogP contribution in [-0.2, 0) is 4.79 Å². The van der Waals surface area contributed by atoms with E-state index in [4.69, 9.17) is 5.11 Å². The highest BCUT2D eigenvalue weighted by atomic mass is 16.4. The molecule has 0 fully saturated rings. The minimum Gasteiger partial charge on any atom is -0.480 e. The van der Waals surface area contributed by atoms with Crippen LogP contribution < -0.4 is 0 Å². The van der Waals surface area contributed by atoms with Crippen molar-refractivity contribution in [3.05, 3.63) is 0 Å². The van der Waals surface area contributed by atoms with Gasteiger partial charge in [-0.25, -0.2) is 0 Å². The van der Waals surface area contributed by atoms with Crippen molar-refractivity contribution in [2.45, 2.75) is 46.1 Å². The van der Waals surface area contributed by atoms with Crippen molar-refractivity contribution in [1.82, 2.24) is 4.90 Å². The second-order valence-electron chi connectivity index (χ2n) is 4.12. The first kappa shape index (κ1) is 13.4. The fraction of sp³-hybridized carbons (Fsp3) is 0.909. The quantitative estimate of drug-likeness (QED) is 0.686. The number of rotatable bonds is 7. The molecule has 0 aromatic carbocycles. The smallest absolute Gasteiger partial charge is 0.317 e. The van der Waals surface area contributed by atoms with Gasteiger partial charge in [-0.3, -0.25) is 9.69 Å². The average molecular weight is 201 g/mol. The zero-order valence-electron chi connectivity index (χ0n) is 9.79. The van der Waals surface area contributed by atoms with Crippen LogP contribution in [0.1, 0.15) is 40.0 Å². The Bertz CT molecular complexity index is 171. The second kappa shape index (κ2) is 6.82. The first-order chi connectivity index (χ1) is 6.51. The van der Waals surface area contributed by atoms with E-state index in [1.165, 1.54) is 0 Å². The van der Waals surface area contributed by atoms with Crippen molar-refractivity contribution >= 4 is 5.97 Å². The van der Waals surface area contributed by atoms with E-state index in [1.54, 1.807) is 0 Å². The number of aliphatic carboxylic acids is 1. The minimum atomic E-state index is -0.741.